The number of para-hydroxylation sites is 1. The molecule has 3 nitrogen and oxygen atoms in total. The maximum absolute atomic E-state index is 5.85. The fourth-order valence-corrected chi connectivity index (χ4v) is 2.58. The number of aromatic nitrogens is 1. The van der Waals surface area contributed by atoms with Crippen LogP contribution in [0.25, 0.3) is 0 Å². The molecule has 0 amide bonds. The molecule has 3 heteroatoms. The lowest BCUT2D eigenvalue weighted by Gasteiger charge is -2.25. The third-order valence-corrected chi connectivity index (χ3v) is 3.60. The molecule has 3 rings (SSSR count). The summed E-state index contributed by atoms with van der Waals surface area (Å²) >= 11 is 0. The van der Waals surface area contributed by atoms with Crippen LogP contribution in [0.2, 0.25) is 0 Å². The number of ether oxygens (including phenoxy) is 1. The zero-order valence-electron chi connectivity index (χ0n) is 11.7. The Morgan fingerprint density at radius 3 is 2.55 bits per heavy atom. The molecular formula is C17H20N2O. The van der Waals surface area contributed by atoms with Crippen LogP contribution in [0.1, 0.15) is 25.0 Å². The van der Waals surface area contributed by atoms with Crippen LogP contribution in [0.15, 0.2) is 48.7 Å². The minimum absolute atomic E-state index is 0.859. The van der Waals surface area contributed by atoms with Gasteiger partial charge in [0.25, 0.3) is 0 Å². The van der Waals surface area contributed by atoms with Gasteiger partial charge < -0.3 is 4.74 Å². The van der Waals surface area contributed by atoms with Crippen LogP contribution < -0.4 is 4.74 Å². The van der Waals surface area contributed by atoms with Crippen molar-refractivity contribution in [3.05, 3.63) is 54.4 Å². The summed E-state index contributed by atoms with van der Waals surface area (Å²) in [7, 11) is 0. The quantitative estimate of drug-likeness (QED) is 0.842. The summed E-state index contributed by atoms with van der Waals surface area (Å²) in [6.07, 6.45) is 5.80. The number of likely N-dealkylation sites (tertiary alicyclic amines) is 1. The third-order valence-electron chi connectivity index (χ3n) is 3.60. The van der Waals surface area contributed by atoms with Crippen molar-refractivity contribution in [2.45, 2.75) is 25.8 Å². The first kappa shape index (κ1) is 13.1. The number of hydrogen-bond donors (Lipinski definition) is 0. The monoisotopic (exact) mass is 268 g/mol. The molecule has 0 radical (unpaired) electrons. The van der Waals surface area contributed by atoms with Crippen molar-refractivity contribution in [1.82, 2.24) is 9.88 Å². The summed E-state index contributed by atoms with van der Waals surface area (Å²) in [4.78, 5) is 6.92. The van der Waals surface area contributed by atoms with Crippen LogP contribution >= 0.6 is 0 Å². The van der Waals surface area contributed by atoms with Gasteiger partial charge in [0.2, 0.25) is 0 Å². The highest BCUT2D eigenvalue weighted by molar-refractivity contribution is 5.30. The lowest BCUT2D eigenvalue weighted by Crippen LogP contribution is -2.29. The zero-order chi connectivity index (χ0) is 13.6. The molecule has 0 saturated carbocycles. The fourth-order valence-electron chi connectivity index (χ4n) is 2.58. The van der Waals surface area contributed by atoms with Gasteiger partial charge in [-0.25, -0.2) is 0 Å². The van der Waals surface area contributed by atoms with Gasteiger partial charge in [-0.3, -0.25) is 9.88 Å². The number of pyridine rings is 1. The molecule has 1 aromatic heterocycles. The van der Waals surface area contributed by atoms with Gasteiger partial charge in [0.1, 0.15) is 11.5 Å². The van der Waals surface area contributed by atoms with Crippen molar-refractivity contribution in [3.8, 4) is 11.5 Å². The van der Waals surface area contributed by atoms with Crippen LogP contribution in [-0.2, 0) is 6.54 Å². The summed E-state index contributed by atoms with van der Waals surface area (Å²) in [5.74, 6) is 1.72. The highest BCUT2D eigenvalue weighted by Crippen LogP contribution is 2.21. The Labute approximate surface area is 120 Å². The van der Waals surface area contributed by atoms with Crippen LogP contribution in [0.3, 0.4) is 0 Å². The average molecular weight is 268 g/mol. The van der Waals surface area contributed by atoms with Crippen LogP contribution in [0, 0.1) is 0 Å². The first-order valence-corrected chi connectivity index (χ1v) is 7.30. The Morgan fingerprint density at radius 2 is 1.75 bits per heavy atom. The molecular weight excluding hydrogens is 248 g/mol. The van der Waals surface area contributed by atoms with E-state index in [-0.39, 0.29) is 0 Å². The highest BCUT2D eigenvalue weighted by Gasteiger charge is 2.11. The van der Waals surface area contributed by atoms with Crippen molar-refractivity contribution < 1.29 is 4.74 Å². The van der Waals surface area contributed by atoms with E-state index in [1.165, 1.54) is 32.4 Å². The molecule has 0 spiro atoms. The highest BCUT2D eigenvalue weighted by atomic mass is 16.5. The summed E-state index contributed by atoms with van der Waals surface area (Å²) in [6.45, 7) is 3.29. The van der Waals surface area contributed by atoms with E-state index in [1.54, 1.807) is 0 Å². The Balaban J connectivity index is 1.66. The zero-order valence-corrected chi connectivity index (χ0v) is 11.7. The molecule has 0 atom stereocenters. The lowest BCUT2D eigenvalue weighted by molar-refractivity contribution is 0.218. The lowest BCUT2D eigenvalue weighted by atomic mass is 10.1. The molecule has 104 valence electrons. The predicted molar refractivity (Wildman–Crippen MR) is 79.9 cm³/mol. The fraction of sp³-hybridized carbons (Fsp3) is 0.353. The SMILES string of the molecule is c1ccc(Oc2ccnc(CN3CCCCC3)c2)cc1. The Kier molecular flexibility index (Phi) is 4.28. The second kappa shape index (κ2) is 6.53. The molecule has 20 heavy (non-hydrogen) atoms. The van der Waals surface area contributed by atoms with Gasteiger partial charge in [-0.2, -0.15) is 0 Å². The average Bonchev–Trinajstić information content (AvgIpc) is 2.50. The molecule has 1 aliphatic rings. The van der Waals surface area contributed by atoms with Crippen molar-refractivity contribution in [1.29, 1.82) is 0 Å². The number of rotatable bonds is 4. The second-order valence-electron chi connectivity index (χ2n) is 5.23. The summed E-state index contributed by atoms with van der Waals surface area (Å²) < 4.78 is 5.85. The van der Waals surface area contributed by atoms with Crippen molar-refractivity contribution in [2.24, 2.45) is 0 Å². The summed E-state index contributed by atoms with van der Waals surface area (Å²) in [5, 5.41) is 0. The molecule has 1 aliphatic heterocycles. The van der Waals surface area contributed by atoms with Gasteiger partial charge >= 0.3 is 0 Å². The molecule has 1 saturated heterocycles. The van der Waals surface area contributed by atoms with Crippen molar-refractivity contribution in [2.75, 3.05) is 13.1 Å². The van der Waals surface area contributed by atoms with Crippen LogP contribution in [0.5, 0.6) is 11.5 Å². The van der Waals surface area contributed by atoms with E-state index in [0.29, 0.717) is 0 Å². The van der Waals surface area contributed by atoms with Gasteiger partial charge in [0.15, 0.2) is 0 Å². The van der Waals surface area contributed by atoms with Gasteiger partial charge in [-0.1, -0.05) is 24.6 Å². The maximum atomic E-state index is 5.85. The Hall–Kier alpha value is -1.87. The molecule has 1 fully saturated rings. The molecule has 0 bridgehead atoms. The topological polar surface area (TPSA) is 25.4 Å². The first-order chi connectivity index (χ1) is 9.90. The normalized spacial score (nSPS) is 16.0. The molecule has 2 aromatic rings. The minimum atomic E-state index is 0.859. The molecule has 0 N–H and O–H groups in total. The van der Waals surface area contributed by atoms with E-state index in [0.717, 1.165) is 23.7 Å². The Morgan fingerprint density at radius 1 is 0.950 bits per heavy atom. The molecule has 1 aromatic carbocycles. The number of benzene rings is 1. The minimum Gasteiger partial charge on any atom is -0.457 e. The van der Waals surface area contributed by atoms with Crippen LogP contribution in [-0.4, -0.2) is 23.0 Å². The number of piperidine rings is 1. The number of nitrogens with zero attached hydrogens (tertiary/aromatic N) is 2. The van der Waals surface area contributed by atoms with E-state index in [9.17, 15) is 0 Å². The van der Waals surface area contributed by atoms with Gasteiger partial charge in [0, 0.05) is 18.8 Å². The maximum Gasteiger partial charge on any atom is 0.130 e. The van der Waals surface area contributed by atoms with E-state index >= 15 is 0 Å². The predicted octanol–water partition coefficient (Wildman–Crippen LogP) is 3.86. The van der Waals surface area contributed by atoms with Crippen molar-refractivity contribution >= 4 is 0 Å². The van der Waals surface area contributed by atoms with Crippen molar-refractivity contribution in [3.63, 3.8) is 0 Å². The third kappa shape index (κ3) is 3.58. The van der Waals surface area contributed by atoms with E-state index < -0.39 is 0 Å². The Bertz CT molecular complexity index is 536. The van der Waals surface area contributed by atoms with E-state index in [1.807, 2.05) is 48.7 Å². The van der Waals surface area contributed by atoms with E-state index in [2.05, 4.69) is 9.88 Å². The largest absolute Gasteiger partial charge is 0.457 e. The molecule has 2 heterocycles. The number of hydrogen-bond acceptors (Lipinski definition) is 3. The second-order valence-corrected chi connectivity index (χ2v) is 5.23. The summed E-state index contributed by atoms with van der Waals surface area (Å²) in [6, 6.07) is 13.8. The van der Waals surface area contributed by atoms with Gasteiger partial charge in [0.05, 0.1) is 5.69 Å². The van der Waals surface area contributed by atoms with E-state index in [4.69, 9.17) is 4.74 Å². The van der Waals surface area contributed by atoms with Gasteiger partial charge in [-0.05, 0) is 44.1 Å². The molecule has 0 aliphatic carbocycles. The van der Waals surface area contributed by atoms with Crippen LogP contribution in [0.4, 0.5) is 0 Å². The smallest absolute Gasteiger partial charge is 0.130 e. The van der Waals surface area contributed by atoms with Gasteiger partial charge in [-0.15, -0.1) is 0 Å². The summed E-state index contributed by atoms with van der Waals surface area (Å²) in [5.41, 5.74) is 1.08. The first-order valence-electron chi connectivity index (χ1n) is 7.30. The standard InChI is InChI=1S/C17H20N2O/c1-3-7-16(8-4-1)20-17-9-10-18-15(13-17)14-19-11-5-2-6-12-19/h1,3-4,7-10,13H,2,5-6,11-12,14H2. The molecule has 0 unspecified atom stereocenters.